The molecule has 1 aliphatic rings. The molecule has 4 heteroatoms. The first kappa shape index (κ1) is 13.9. The minimum Gasteiger partial charge on any atom is -0.374 e. The van der Waals surface area contributed by atoms with Gasteiger partial charge in [0.2, 0.25) is 0 Å². The lowest BCUT2D eigenvalue weighted by atomic mass is 10.2. The summed E-state index contributed by atoms with van der Waals surface area (Å²) in [5, 5.41) is 3.20. The van der Waals surface area contributed by atoms with Gasteiger partial charge in [0.25, 0.3) is 0 Å². The van der Waals surface area contributed by atoms with Gasteiger partial charge in [-0.2, -0.15) is 0 Å². The largest absolute Gasteiger partial charge is 0.374 e. The summed E-state index contributed by atoms with van der Waals surface area (Å²) in [6.07, 6.45) is 1.61. The van der Waals surface area contributed by atoms with Crippen molar-refractivity contribution in [3.63, 3.8) is 0 Å². The van der Waals surface area contributed by atoms with Crippen molar-refractivity contribution in [2.45, 2.75) is 19.4 Å². The first-order valence-corrected chi connectivity index (χ1v) is 6.43. The fraction of sp³-hybridized carbons (Fsp3) is 1.00. The van der Waals surface area contributed by atoms with E-state index in [0.717, 1.165) is 45.9 Å². The Kier molecular flexibility index (Phi) is 6.96. The molecule has 0 bridgehead atoms. The second-order valence-corrected chi connectivity index (χ2v) is 4.66. The number of hydrogen-bond acceptors (Lipinski definition) is 4. The van der Waals surface area contributed by atoms with Crippen LogP contribution in [0.25, 0.3) is 0 Å². The van der Waals surface area contributed by atoms with Gasteiger partial charge < -0.3 is 15.0 Å². The first-order valence-electron chi connectivity index (χ1n) is 6.43. The quantitative estimate of drug-likeness (QED) is 0.690. The molecule has 0 unspecified atom stereocenters. The van der Waals surface area contributed by atoms with Gasteiger partial charge >= 0.3 is 0 Å². The molecule has 0 aliphatic carbocycles. The molecule has 0 aromatic heterocycles. The van der Waals surface area contributed by atoms with Crippen LogP contribution in [0, 0.1) is 0 Å². The highest BCUT2D eigenvalue weighted by molar-refractivity contribution is 4.74. The van der Waals surface area contributed by atoms with Crippen LogP contribution in [0.5, 0.6) is 0 Å². The number of likely N-dealkylation sites (N-methyl/N-ethyl adjacent to an activating group) is 2. The molecule has 1 atom stereocenters. The summed E-state index contributed by atoms with van der Waals surface area (Å²) in [6, 6.07) is 0. The third-order valence-electron chi connectivity index (χ3n) is 3.02. The number of ether oxygens (including phenoxy) is 1. The zero-order valence-corrected chi connectivity index (χ0v) is 11.0. The van der Waals surface area contributed by atoms with Crippen LogP contribution in [0.3, 0.4) is 0 Å². The molecule has 0 amide bonds. The van der Waals surface area contributed by atoms with E-state index in [1.54, 1.807) is 0 Å². The molecule has 98 valence electrons. The van der Waals surface area contributed by atoms with Gasteiger partial charge in [-0.15, -0.1) is 0 Å². The Labute approximate surface area is 101 Å². The maximum atomic E-state index is 5.80. The van der Waals surface area contributed by atoms with Gasteiger partial charge in [0.05, 0.1) is 12.7 Å². The maximum Gasteiger partial charge on any atom is 0.0829 e. The minimum absolute atomic E-state index is 0. The topological polar surface area (TPSA) is 27.7 Å². The van der Waals surface area contributed by atoms with Crippen LogP contribution in [0.4, 0.5) is 0 Å². The Morgan fingerprint density at radius 3 is 3.06 bits per heavy atom. The van der Waals surface area contributed by atoms with Crippen LogP contribution in [-0.4, -0.2) is 75.9 Å². The van der Waals surface area contributed by atoms with Gasteiger partial charge in [-0.3, -0.25) is 4.90 Å². The van der Waals surface area contributed by atoms with Crippen LogP contribution in [-0.2, 0) is 4.74 Å². The predicted octanol–water partition coefficient (Wildman–Crippen LogP) is 0.494. The van der Waals surface area contributed by atoms with Crippen molar-refractivity contribution in [3.8, 4) is 0 Å². The van der Waals surface area contributed by atoms with E-state index < -0.39 is 0 Å². The fourth-order valence-electron chi connectivity index (χ4n) is 2.18. The summed E-state index contributed by atoms with van der Waals surface area (Å²) < 4.78 is 5.80. The molecule has 1 fully saturated rings. The summed E-state index contributed by atoms with van der Waals surface area (Å²) in [5.41, 5.74) is 0. The van der Waals surface area contributed by atoms with Crippen LogP contribution >= 0.6 is 0 Å². The van der Waals surface area contributed by atoms with Crippen LogP contribution < -0.4 is 5.32 Å². The summed E-state index contributed by atoms with van der Waals surface area (Å²) in [7, 11) is 4.19. The molecule has 0 saturated carbocycles. The number of rotatable bonds is 7. The van der Waals surface area contributed by atoms with Crippen LogP contribution in [0.15, 0.2) is 0 Å². The standard InChI is InChI=1S/C12H27N3O.H2/c1-4-6-14(3)10-12-11-15(7-5-13-2)8-9-16-12;/h12-13H,4-11H2,1-3H3;1H/t12-;/m0./s1. The van der Waals surface area contributed by atoms with Crippen LogP contribution in [0.2, 0.25) is 0 Å². The van der Waals surface area contributed by atoms with E-state index in [1.807, 2.05) is 7.05 Å². The Morgan fingerprint density at radius 1 is 1.56 bits per heavy atom. The molecular formula is C12H29N3O. The Bertz CT molecular complexity index is 183. The van der Waals surface area contributed by atoms with E-state index >= 15 is 0 Å². The van der Waals surface area contributed by atoms with E-state index in [-0.39, 0.29) is 1.43 Å². The second-order valence-electron chi connectivity index (χ2n) is 4.66. The van der Waals surface area contributed by atoms with E-state index in [1.165, 1.54) is 6.42 Å². The second kappa shape index (κ2) is 8.01. The Balaban J connectivity index is 0.00000256. The van der Waals surface area contributed by atoms with Crippen molar-refractivity contribution in [3.05, 3.63) is 0 Å². The van der Waals surface area contributed by atoms with E-state index in [4.69, 9.17) is 4.74 Å². The smallest absolute Gasteiger partial charge is 0.0829 e. The molecule has 1 aliphatic heterocycles. The zero-order chi connectivity index (χ0) is 11.8. The molecule has 1 N–H and O–H groups in total. The van der Waals surface area contributed by atoms with Gasteiger partial charge in [0.15, 0.2) is 0 Å². The Morgan fingerprint density at radius 2 is 2.38 bits per heavy atom. The summed E-state index contributed by atoms with van der Waals surface area (Å²) in [6.45, 7) is 9.68. The molecule has 0 aromatic rings. The molecule has 0 radical (unpaired) electrons. The lowest BCUT2D eigenvalue weighted by Crippen LogP contribution is -2.48. The van der Waals surface area contributed by atoms with Crippen molar-refractivity contribution in [2.75, 3.05) is 60.0 Å². The number of hydrogen-bond donors (Lipinski definition) is 1. The predicted molar refractivity (Wildman–Crippen MR) is 70.0 cm³/mol. The normalized spacial score (nSPS) is 22.9. The average molecular weight is 231 g/mol. The molecule has 4 nitrogen and oxygen atoms in total. The van der Waals surface area contributed by atoms with Crippen molar-refractivity contribution in [2.24, 2.45) is 0 Å². The van der Waals surface area contributed by atoms with Gasteiger partial charge in [0, 0.05) is 34.2 Å². The van der Waals surface area contributed by atoms with E-state index in [0.29, 0.717) is 6.10 Å². The van der Waals surface area contributed by atoms with Gasteiger partial charge in [-0.1, -0.05) is 6.92 Å². The van der Waals surface area contributed by atoms with Gasteiger partial charge in [-0.05, 0) is 27.1 Å². The van der Waals surface area contributed by atoms with Crippen LogP contribution in [0.1, 0.15) is 14.8 Å². The molecule has 1 rings (SSSR count). The van der Waals surface area contributed by atoms with Crippen molar-refractivity contribution < 1.29 is 6.16 Å². The van der Waals surface area contributed by atoms with Gasteiger partial charge in [0.1, 0.15) is 0 Å². The zero-order valence-electron chi connectivity index (χ0n) is 11.0. The first-order chi connectivity index (χ1) is 7.76. The minimum atomic E-state index is 0. The summed E-state index contributed by atoms with van der Waals surface area (Å²) in [4.78, 5) is 4.86. The highest BCUT2D eigenvalue weighted by Gasteiger charge is 2.20. The lowest BCUT2D eigenvalue weighted by molar-refractivity contribution is -0.0398. The number of nitrogens with one attached hydrogen (secondary N) is 1. The third-order valence-corrected chi connectivity index (χ3v) is 3.02. The molecular weight excluding hydrogens is 202 g/mol. The van der Waals surface area contributed by atoms with Gasteiger partial charge in [-0.25, -0.2) is 0 Å². The molecule has 16 heavy (non-hydrogen) atoms. The molecule has 0 aromatic carbocycles. The summed E-state index contributed by atoms with van der Waals surface area (Å²) >= 11 is 0. The molecule has 1 saturated heterocycles. The Hall–Kier alpha value is -0.160. The monoisotopic (exact) mass is 231 g/mol. The maximum absolute atomic E-state index is 5.80. The SMILES string of the molecule is CCCN(C)C[C@H]1CN(CCNC)CCO1.[HH]. The van der Waals surface area contributed by atoms with E-state index in [2.05, 4.69) is 29.1 Å². The number of nitrogens with zero attached hydrogens (tertiary/aromatic N) is 2. The number of morpholine rings is 1. The fourth-order valence-corrected chi connectivity index (χ4v) is 2.18. The highest BCUT2D eigenvalue weighted by Crippen LogP contribution is 2.06. The highest BCUT2D eigenvalue weighted by atomic mass is 16.5. The summed E-state index contributed by atoms with van der Waals surface area (Å²) in [5.74, 6) is 0. The molecule has 0 spiro atoms. The van der Waals surface area contributed by atoms with Crippen molar-refractivity contribution in [1.82, 2.24) is 15.1 Å². The molecule has 1 heterocycles. The average Bonchev–Trinajstić information content (AvgIpc) is 2.27. The lowest BCUT2D eigenvalue weighted by Gasteiger charge is -2.34. The van der Waals surface area contributed by atoms with E-state index in [9.17, 15) is 0 Å². The van der Waals surface area contributed by atoms with Crippen molar-refractivity contribution in [1.29, 1.82) is 0 Å². The van der Waals surface area contributed by atoms with Crippen molar-refractivity contribution >= 4 is 0 Å². The third kappa shape index (κ3) is 5.25.